The molecule has 3 atom stereocenters. The summed E-state index contributed by atoms with van der Waals surface area (Å²) in [5, 5.41) is 54.2. The lowest BCUT2D eigenvalue weighted by Gasteiger charge is -2.24. The smallest absolute Gasteiger partial charge is 0.326 e. The van der Waals surface area contributed by atoms with Gasteiger partial charge in [-0.1, -0.05) is 59.6 Å². The normalized spacial score (nSPS) is 15.6. The molecule has 0 saturated carbocycles. The predicted octanol–water partition coefficient (Wildman–Crippen LogP) is 7.28. The number of carboxylic acids is 1. The number of nitrogens with zero attached hydrogens (tertiary/aromatic N) is 6. The van der Waals surface area contributed by atoms with E-state index in [0.717, 1.165) is 46.2 Å². The number of pyridine rings is 4. The van der Waals surface area contributed by atoms with Crippen molar-refractivity contribution in [2.24, 2.45) is 0 Å². The van der Waals surface area contributed by atoms with E-state index in [0.29, 0.717) is 70.2 Å². The summed E-state index contributed by atoms with van der Waals surface area (Å²) in [5.74, 6) is -0.464. The van der Waals surface area contributed by atoms with Gasteiger partial charge in [-0.3, -0.25) is 20.1 Å². The number of hydrogen-bond donors (Lipinski definition) is 5. The third-order valence-electron chi connectivity index (χ3n) is 11.9. The van der Waals surface area contributed by atoms with Crippen molar-refractivity contribution in [3.05, 3.63) is 151 Å². The molecule has 1 unspecified atom stereocenters. The van der Waals surface area contributed by atoms with Crippen molar-refractivity contribution in [3.63, 3.8) is 0 Å². The van der Waals surface area contributed by atoms with Crippen molar-refractivity contribution < 1.29 is 39.1 Å². The maximum Gasteiger partial charge on any atom is 0.326 e. The van der Waals surface area contributed by atoms with Crippen LogP contribution in [0.25, 0.3) is 11.1 Å². The number of carbonyl (C=O) groups is 1. The van der Waals surface area contributed by atoms with E-state index in [1.54, 1.807) is 36.7 Å². The van der Waals surface area contributed by atoms with Crippen molar-refractivity contribution in [2.45, 2.75) is 76.7 Å². The van der Waals surface area contributed by atoms with Gasteiger partial charge in [-0.15, -0.1) is 0 Å². The Labute approximate surface area is 402 Å². The van der Waals surface area contributed by atoms with E-state index in [2.05, 4.69) is 50.9 Å². The standard InChI is InChI=1S/C50H46Cl2N8O8/c1-50(28-62,49(63)64)58-25-34-17-42(52)48(60-46(34)66-27-32-15-30(19-54)21-57-23-32)68-44-11-9-38-36(5-3-7-40(38)44)35-4-2-6-39-37(35)8-10-43(39)67-47-41(51)16-33(24-55-12-13-61)45(59-47)65-26-31-14-29(18-53)20-56-22-31/h2-7,14-17,20-23,43-44,55,58,61-62H,8-13,24-28H2,1H3,(H,63,64)/t43-,44-,50?/m0/s1. The van der Waals surface area contributed by atoms with E-state index in [-0.39, 0.29) is 55.1 Å². The number of fused-ring (bicyclic) bond motifs is 2. The molecule has 348 valence electrons. The molecule has 4 aromatic heterocycles. The summed E-state index contributed by atoms with van der Waals surface area (Å²) in [7, 11) is 0. The molecule has 4 heterocycles. The first kappa shape index (κ1) is 47.6. The van der Waals surface area contributed by atoms with Gasteiger partial charge in [0.25, 0.3) is 0 Å². The van der Waals surface area contributed by atoms with Crippen LogP contribution < -0.4 is 29.6 Å². The Morgan fingerprint density at radius 3 is 1.71 bits per heavy atom. The minimum Gasteiger partial charge on any atom is -0.480 e. The molecule has 2 aliphatic rings. The number of carboxylic acid groups (broad SMARTS) is 1. The first-order valence-electron chi connectivity index (χ1n) is 21.8. The van der Waals surface area contributed by atoms with E-state index < -0.39 is 24.2 Å². The van der Waals surface area contributed by atoms with Gasteiger partial charge < -0.3 is 39.6 Å². The highest BCUT2D eigenvalue weighted by atomic mass is 35.5. The van der Waals surface area contributed by atoms with Crippen LogP contribution in [0.2, 0.25) is 10.0 Å². The molecule has 2 aromatic carbocycles. The van der Waals surface area contributed by atoms with Crippen LogP contribution in [0.3, 0.4) is 0 Å². The number of benzene rings is 2. The second kappa shape index (κ2) is 21.4. The number of aliphatic hydroxyl groups is 2. The minimum absolute atomic E-state index is 0.00366. The fourth-order valence-electron chi connectivity index (χ4n) is 8.26. The van der Waals surface area contributed by atoms with Crippen LogP contribution in [0, 0.1) is 22.7 Å². The third kappa shape index (κ3) is 10.6. The zero-order valence-corrected chi connectivity index (χ0v) is 38.3. The molecule has 0 radical (unpaired) electrons. The van der Waals surface area contributed by atoms with Gasteiger partial charge in [0, 0.05) is 66.7 Å². The van der Waals surface area contributed by atoms with Crippen LogP contribution in [0.4, 0.5) is 0 Å². The van der Waals surface area contributed by atoms with E-state index in [1.165, 1.54) is 19.3 Å². The first-order chi connectivity index (χ1) is 33.0. The van der Waals surface area contributed by atoms with E-state index in [1.807, 2.05) is 18.2 Å². The molecule has 0 saturated heterocycles. The SMILES string of the molecule is CC(CO)(NCc1cc(Cl)c(O[C@H]2CCc3c(-c4cccc5c4CC[C@@H]5Oc4nc(OCc5cncc(C#N)c5)c(CNCCO)cc4Cl)cccc32)nc1OCc1cncc(C#N)c1)C(=O)O. The van der Waals surface area contributed by atoms with Crippen molar-refractivity contribution in [1.29, 1.82) is 10.5 Å². The van der Waals surface area contributed by atoms with Gasteiger partial charge in [0.1, 0.15) is 53.1 Å². The Kier molecular flexibility index (Phi) is 15.0. The Bertz CT molecular complexity index is 2930. The number of halogens is 2. The Morgan fingerprint density at radius 1 is 0.750 bits per heavy atom. The van der Waals surface area contributed by atoms with Crippen LogP contribution in [0.5, 0.6) is 23.5 Å². The number of aliphatic carboxylic acids is 1. The monoisotopic (exact) mass is 956 g/mol. The fourth-order valence-corrected chi connectivity index (χ4v) is 8.70. The molecular formula is C50H46Cl2N8O8. The van der Waals surface area contributed by atoms with Crippen molar-refractivity contribution >= 4 is 29.2 Å². The lowest BCUT2D eigenvalue weighted by molar-refractivity contribution is -0.145. The van der Waals surface area contributed by atoms with E-state index in [9.17, 15) is 30.6 Å². The summed E-state index contributed by atoms with van der Waals surface area (Å²) in [4.78, 5) is 29.6. The maximum atomic E-state index is 11.9. The number of aliphatic hydroxyl groups excluding tert-OH is 2. The van der Waals surface area contributed by atoms with Crippen LogP contribution >= 0.6 is 23.2 Å². The maximum absolute atomic E-state index is 11.9. The number of rotatable bonds is 20. The molecule has 0 bridgehead atoms. The number of nitriles is 2. The zero-order chi connectivity index (χ0) is 47.8. The van der Waals surface area contributed by atoms with Crippen LogP contribution in [-0.2, 0) is 43.9 Å². The van der Waals surface area contributed by atoms with Gasteiger partial charge in [-0.25, -0.2) is 0 Å². The van der Waals surface area contributed by atoms with Gasteiger partial charge >= 0.3 is 5.97 Å². The van der Waals surface area contributed by atoms with Crippen LogP contribution in [0.1, 0.15) is 87.6 Å². The molecule has 5 N–H and O–H groups in total. The molecule has 0 spiro atoms. The molecule has 8 rings (SSSR count). The second-order valence-electron chi connectivity index (χ2n) is 16.5. The third-order valence-corrected chi connectivity index (χ3v) is 12.4. The Hall–Kier alpha value is -6.89. The predicted molar refractivity (Wildman–Crippen MR) is 249 cm³/mol. The summed E-state index contributed by atoms with van der Waals surface area (Å²) >= 11 is 13.7. The minimum atomic E-state index is -1.65. The molecule has 2 aliphatic carbocycles. The number of hydrogen-bond acceptors (Lipinski definition) is 15. The topological polar surface area (TPSA) is 238 Å². The highest BCUT2D eigenvalue weighted by Crippen LogP contribution is 2.46. The molecular weight excluding hydrogens is 912 g/mol. The summed E-state index contributed by atoms with van der Waals surface area (Å²) in [6.07, 6.45) is 8.16. The number of nitrogens with one attached hydrogen (secondary N) is 2. The molecule has 0 fully saturated rings. The van der Waals surface area contributed by atoms with Crippen molar-refractivity contribution in [2.75, 3.05) is 19.8 Å². The van der Waals surface area contributed by atoms with Crippen molar-refractivity contribution in [3.8, 4) is 46.8 Å². The molecule has 0 aliphatic heterocycles. The second-order valence-corrected chi connectivity index (χ2v) is 17.3. The molecule has 6 aromatic rings. The highest BCUT2D eigenvalue weighted by Gasteiger charge is 2.34. The summed E-state index contributed by atoms with van der Waals surface area (Å²) in [6, 6.07) is 23.2. The van der Waals surface area contributed by atoms with E-state index in [4.69, 9.17) is 52.1 Å². The van der Waals surface area contributed by atoms with Gasteiger partial charge in [-0.05, 0) is 90.3 Å². The first-order valence-corrected chi connectivity index (χ1v) is 22.6. The van der Waals surface area contributed by atoms with Crippen LogP contribution in [0.15, 0.2) is 85.5 Å². The van der Waals surface area contributed by atoms with Gasteiger partial charge in [0.15, 0.2) is 0 Å². The molecule has 0 amide bonds. The van der Waals surface area contributed by atoms with E-state index >= 15 is 0 Å². The quantitative estimate of drug-likeness (QED) is 0.0473. The highest BCUT2D eigenvalue weighted by molar-refractivity contribution is 6.32. The summed E-state index contributed by atoms with van der Waals surface area (Å²) < 4.78 is 25.5. The van der Waals surface area contributed by atoms with Gasteiger partial charge in [-0.2, -0.15) is 20.5 Å². The summed E-state index contributed by atoms with van der Waals surface area (Å²) in [6.45, 7) is 1.41. The fraction of sp³-hybridized carbons (Fsp3) is 0.300. The average Bonchev–Trinajstić information content (AvgIpc) is 3.97. The lowest BCUT2D eigenvalue weighted by atomic mass is 9.91. The van der Waals surface area contributed by atoms with Gasteiger partial charge in [0.05, 0.1) is 24.3 Å². The Balaban J connectivity index is 1.03. The molecule has 16 nitrogen and oxygen atoms in total. The number of aromatic nitrogens is 4. The number of ether oxygens (including phenoxy) is 4. The Morgan fingerprint density at radius 2 is 1.25 bits per heavy atom. The van der Waals surface area contributed by atoms with Gasteiger partial charge in [0.2, 0.25) is 23.5 Å². The largest absolute Gasteiger partial charge is 0.480 e. The molecule has 68 heavy (non-hydrogen) atoms. The molecule has 18 heteroatoms. The zero-order valence-electron chi connectivity index (χ0n) is 36.8. The summed E-state index contributed by atoms with van der Waals surface area (Å²) in [5.41, 5.74) is 8.00. The van der Waals surface area contributed by atoms with Crippen LogP contribution in [-0.4, -0.2) is 66.5 Å². The average molecular weight is 958 g/mol. The van der Waals surface area contributed by atoms with Crippen molar-refractivity contribution in [1.82, 2.24) is 30.6 Å². The lowest BCUT2D eigenvalue weighted by Crippen LogP contribution is -2.52.